The van der Waals surface area contributed by atoms with Crippen LogP contribution in [0.2, 0.25) is 5.02 Å². The second-order valence-electron chi connectivity index (χ2n) is 10.3. The van der Waals surface area contributed by atoms with Gasteiger partial charge < -0.3 is 10.2 Å². The SMILES string of the molecule is CCc1ccc(CCC(=O)N(Cc2ccc(Cl)cc2)[C@@H](Cc2ccccc2)C(=O)NC(C)(C)C)cc1. The third-order valence-corrected chi connectivity index (χ3v) is 6.35. The average molecular weight is 505 g/mol. The number of hydrogen-bond donors (Lipinski definition) is 1. The fourth-order valence-corrected chi connectivity index (χ4v) is 4.26. The van der Waals surface area contributed by atoms with Gasteiger partial charge in [0.2, 0.25) is 11.8 Å². The first kappa shape index (κ1) is 27.5. The Morgan fingerprint density at radius 1 is 0.833 bits per heavy atom. The molecule has 0 saturated heterocycles. The van der Waals surface area contributed by atoms with Gasteiger partial charge in [-0.05, 0) is 68.0 Å². The van der Waals surface area contributed by atoms with E-state index in [4.69, 9.17) is 11.6 Å². The molecule has 0 fully saturated rings. The number of halogens is 1. The number of nitrogens with one attached hydrogen (secondary N) is 1. The number of hydrogen-bond acceptors (Lipinski definition) is 2. The molecule has 0 aliphatic carbocycles. The molecule has 36 heavy (non-hydrogen) atoms. The standard InChI is InChI=1S/C31H37ClN2O2/c1-5-23-11-13-24(14-12-23)17-20-29(35)34(22-26-15-18-27(32)19-16-26)28(30(36)33-31(2,3)4)21-25-9-7-6-8-10-25/h6-16,18-19,28H,5,17,20-22H2,1-4H3,(H,33,36)/t28-/m0/s1. The Morgan fingerprint density at radius 3 is 2.00 bits per heavy atom. The highest BCUT2D eigenvalue weighted by atomic mass is 35.5. The molecule has 0 saturated carbocycles. The molecule has 0 aromatic heterocycles. The first-order valence-electron chi connectivity index (χ1n) is 12.6. The lowest BCUT2D eigenvalue weighted by Crippen LogP contribution is -2.54. The van der Waals surface area contributed by atoms with Crippen LogP contribution in [0.15, 0.2) is 78.9 Å². The molecule has 3 rings (SSSR count). The van der Waals surface area contributed by atoms with Gasteiger partial charge in [0.25, 0.3) is 0 Å². The third kappa shape index (κ3) is 8.53. The summed E-state index contributed by atoms with van der Waals surface area (Å²) >= 11 is 6.10. The molecule has 2 amide bonds. The predicted molar refractivity (Wildman–Crippen MR) is 148 cm³/mol. The molecule has 0 unspecified atom stereocenters. The Kier molecular flexibility index (Phi) is 9.72. The van der Waals surface area contributed by atoms with Crippen molar-refractivity contribution in [3.63, 3.8) is 0 Å². The molecule has 1 atom stereocenters. The normalized spacial score (nSPS) is 12.1. The number of amides is 2. The van der Waals surface area contributed by atoms with Gasteiger partial charge in [-0.1, -0.05) is 85.3 Å². The van der Waals surface area contributed by atoms with Crippen molar-refractivity contribution >= 4 is 23.4 Å². The van der Waals surface area contributed by atoms with Crippen LogP contribution in [0, 0.1) is 0 Å². The molecule has 190 valence electrons. The molecule has 3 aromatic carbocycles. The van der Waals surface area contributed by atoms with Crippen molar-refractivity contribution in [3.8, 4) is 0 Å². The Labute approximate surface area is 220 Å². The Bertz CT molecular complexity index is 1120. The summed E-state index contributed by atoms with van der Waals surface area (Å²) in [6.45, 7) is 8.32. The first-order chi connectivity index (χ1) is 17.1. The van der Waals surface area contributed by atoms with Gasteiger partial charge in [-0.25, -0.2) is 0 Å². The van der Waals surface area contributed by atoms with Gasteiger partial charge in [-0.15, -0.1) is 0 Å². The van der Waals surface area contributed by atoms with E-state index in [9.17, 15) is 9.59 Å². The lowest BCUT2D eigenvalue weighted by Gasteiger charge is -2.34. The Morgan fingerprint density at radius 2 is 1.42 bits per heavy atom. The summed E-state index contributed by atoms with van der Waals surface area (Å²) in [6, 6.07) is 25.1. The molecule has 3 aromatic rings. The zero-order valence-corrected chi connectivity index (χ0v) is 22.5. The maximum atomic E-state index is 13.7. The van der Waals surface area contributed by atoms with Crippen LogP contribution in [-0.2, 0) is 35.4 Å². The van der Waals surface area contributed by atoms with Crippen LogP contribution in [0.25, 0.3) is 0 Å². The van der Waals surface area contributed by atoms with E-state index in [-0.39, 0.29) is 11.8 Å². The molecular formula is C31H37ClN2O2. The third-order valence-electron chi connectivity index (χ3n) is 6.09. The number of rotatable bonds is 10. The van der Waals surface area contributed by atoms with E-state index < -0.39 is 11.6 Å². The minimum absolute atomic E-state index is 0.0468. The summed E-state index contributed by atoms with van der Waals surface area (Å²) < 4.78 is 0. The van der Waals surface area contributed by atoms with Crippen LogP contribution in [-0.4, -0.2) is 28.3 Å². The van der Waals surface area contributed by atoms with E-state index >= 15 is 0 Å². The van der Waals surface area contributed by atoms with Gasteiger partial charge >= 0.3 is 0 Å². The smallest absolute Gasteiger partial charge is 0.243 e. The summed E-state index contributed by atoms with van der Waals surface area (Å²) in [4.78, 5) is 29.0. The largest absolute Gasteiger partial charge is 0.350 e. The molecule has 4 nitrogen and oxygen atoms in total. The van der Waals surface area contributed by atoms with E-state index in [1.807, 2.05) is 75.4 Å². The van der Waals surface area contributed by atoms with Crippen molar-refractivity contribution < 1.29 is 9.59 Å². The summed E-state index contributed by atoms with van der Waals surface area (Å²) in [5, 5.41) is 3.74. The molecule has 0 heterocycles. The number of nitrogens with zero attached hydrogens (tertiary/aromatic N) is 1. The first-order valence-corrected chi connectivity index (χ1v) is 13.0. The van der Waals surface area contributed by atoms with Crippen LogP contribution in [0.5, 0.6) is 0 Å². The van der Waals surface area contributed by atoms with Crippen molar-refractivity contribution in [3.05, 3.63) is 106 Å². The average Bonchev–Trinajstić information content (AvgIpc) is 2.85. The summed E-state index contributed by atoms with van der Waals surface area (Å²) in [6.07, 6.45) is 2.37. The highest BCUT2D eigenvalue weighted by Crippen LogP contribution is 2.19. The zero-order valence-electron chi connectivity index (χ0n) is 21.8. The van der Waals surface area contributed by atoms with Gasteiger partial charge in [0.15, 0.2) is 0 Å². The maximum absolute atomic E-state index is 13.7. The quantitative estimate of drug-likeness (QED) is 0.348. The highest BCUT2D eigenvalue weighted by molar-refractivity contribution is 6.30. The van der Waals surface area contributed by atoms with Crippen molar-refractivity contribution in [2.24, 2.45) is 0 Å². The van der Waals surface area contributed by atoms with E-state index in [1.165, 1.54) is 5.56 Å². The number of carbonyl (C=O) groups excluding carboxylic acids is 2. The molecule has 0 aliphatic heterocycles. The number of carbonyl (C=O) groups is 2. The van der Waals surface area contributed by atoms with Crippen LogP contribution in [0.4, 0.5) is 0 Å². The van der Waals surface area contributed by atoms with Gasteiger partial charge in [-0.3, -0.25) is 9.59 Å². The van der Waals surface area contributed by atoms with Crippen molar-refractivity contribution in [2.75, 3.05) is 0 Å². The lowest BCUT2D eigenvalue weighted by molar-refractivity contribution is -0.141. The Balaban J connectivity index is 1.90. The van der Waals surface area contributed by atoms with Crippen molar-refractivity contribution in [1.82, 2.24) is 10.2 Å². The zero-order chi connectivity index (χ0) is 26.1. The second-order valence-corrected chi connectivity index (χ2v) is 10.7. The minimum Gasteiger partial charge on any atom is -0.350 e. The van der Waals surface area contributed by atoms with Gasteiger partial charge in [-0.2, -0.15) is 0 Å². The van der Waals surface area contributed by atoms with Gasteiger partial charge in [0.05, 0.1) is 0 Å². The van der Waals surface area contributed by atoms with E-state index in [2.05, 4.69) is 36.5 Å². The van der Waals surface area contributed by atoms with E-state index in [1.54, 1.807) is 4.90 Å². The summed E-state index contributed by atoms with van der Waals surface area (Å²) in [5.74, 6) is -0.199. The molecule has 0 spiro atoms. The van der Waals surface area contributed by atoms with E-state index in [0.717, 1.165) is 23.1 Å². The van der Waals surface area contributed by atoms with Gasteiger partial charge in [0.1, 0.15) is 6.04 Å². The molecule has 0 radical (unpaired) electrons. The van der Waals surface area contributed by atoms with Crippen LogP contribution in [0.1, 0.15) is 56.4 Å². The molecule has 1 N–H and O–H groups in total. The van der Waals surface area contributed by atoms with Crippen molar-refractivity contribution in [1.29, 1.82) is 0 Å². The predicted octanol–water partition coefficient (Wildman–Crippen LogP) is 6.39. The van der Waals surface area contributed by atoms with E-state index in [0.29, 0.717) is 30.8 Å². The molecule has 0 bridgehead atoms. The summed E-state index contributed by atoms with van der Waals surface area (Å²) in [5.41, 5.74) is 3.92. The van der Waals surface area contributed by atoms with Crippen LogP contribution >= 0.6 is 11.6 Å². The molecule has 0 aliphatic rings. The van der Waals surface area contributed by atoms with Crippen molar-refractivity contribution in [2.45, 2.75) is 71.5 Å². The maximum Gasteiger partial charge on any atom is 0.243 e. The monoisotopic (exact) mass is 504 g/mol. The summed E-state index contributed by atoms with van der Waals surface area (Å²) in [7, 11) is 0. The topological polar surface area (TPSA) is 49.4 Å². The number of benzene rings is 3. The minimum atomic E-state index is -0.641. The highest BCUT2D eigenvalue weighted by Gasteiger charge is 2.32. The van der Waals surface area contributed by atoms with Crippen LogP contribution < -0.4 is 5.32 Å². The van der Waals surface area contributed by atoms with Crippen LogP contribution in [0.3, 0.4) is 0 Å². The molecular weight excluding hydrogens is 468 g/mol. The molecule has 5 heteroatoms. The number of aryl methyl sites for hydroxylation is 2. The fraction of sp³-hybridized carbons (Fsp3) is 0.355. The second kappa shape index (κ2) is 12.7. The van der Waals surface area contributed by atoms with Gasteiger partial charge in [0, 0.05) is 29.9 Å². The fourth-order valence-electron chi connectivity index (χ4n) is 4.13. The lowest BCUT2D eigenvalue weighted by atomic mass is 9.99. The Hall–Kier alpha value is -3.11.